The zero-order valence-electron chi connectivity index (χ0n) is 19.7. The second-order valence-corrected chi connectivity index (χ2v) is 8.88. The molecule has 4 rings (SSSR count). The third kappa shape index (κ3) is 7.80. The predicted molar refractivity (Wildman–Crippen MR) is 142 cm³/mol. The molecule has 3 aromatic rings. The molecule has 1 saturated heterocycles. The number of carbonyl (C=O) groups is 1. The van der Waals surface area contributed by atoms with E-state index >= 15 is 0 Å². The van der Waals surface area contributed by atoms with Crippen LogP contribution in [-0.4, -0.2) is 48.3 Å². The molecule has 3 aromatic carbocycles. The van der Waals surface area contributed by atoms with Gasteiger partial charge >= 0.3 is 0 Å². The lowest BCUT2D eigenvalue weighted by atomic mass is 10.0. The minimum Gasteiger partial charge on any atom is -0.490 e. The highest BCUT2D eigenvalue weighted by Gasteiger charge is 2.21. The summed E-state index contributed by atoms with van der Waals surface area (Å²) in [7, 11) is 0. The van der Waals surface area contributed by atoms with Gasteiger partial charge in [-0.2, -0.15) is 0 Å². The number of benzene rings is 3. The molecule has 182 valence electrons. The standard InChI is InChI=1S/C28H31N3O3S/c32-27(25-13-7-8-14-26(25)34-20-19-33-24-11-5-2-6-12-24)30-28(35)29-23-15-17-31(18-16-23)21-22-9-3-1-4-10-22/h1-14,23H,15-21H2,(H2,29,30,32,35). The maximum atomic E-state index is 12.9. The van der Waals surface area contributed by atoms with E-state index in [4.69, 9.17) is 21.7 Å². The van der Waals surface area contributed by atoms with Crippen LogP contribution in [0.25, 0.3) is 0 Å². The van der Waals surface area contributed by atoms with E-state index in [9.17, 15) is 4.79 Å². The number of hydrogen-bond acceptors (Lipinski definition) is 5. The quantitative estimate of drug-likeness (QED) is 0.343. The van der Waals surface area contributed by atoms with E-state index in [1.807, 2.05) is 42.5 Å². The highest BCUT2D eigenvalue weighted by Crippen LogP contribution is 2.18. The van der Waals surface area contributed by atoms with Crippen LogP contribution < -0.4 is 20.1 Å². The Balaban J connectivity index is 1.20. The van der Waals surface area contributed by atoms with Crippen LogP contribution in [0.5, 0.6) is 11.5 Å². The van der Waals surface area contributed by atoms with Gasteiger partial charge in [0.25, 0.3) is 5.91 Å². The fourth-order valence-corrected chi connectivity index (χ4v) is 4.34. The van der Waals surface area contributed by atoms with Crippen LogP contribution in [0.15, 0.2) is 84.9 Å². The number of para-hydroxylation sites is 2. The SMILES string of the molecule is O=C(NC(=S)NC1CCN(Cc2ccccc2)CC1)c1ccccc1OCCOc1ccccc1. The fourth-order valence-electron chi connectivity index (χ4n) is 4.08. The number of nitrogens with one attached hydrogen (secondary N) is 2. The first-order valence-corrected chi connectivity index (χ1v) is 12.4. The van der Waals surface area contributed by atoms with Crippen LogP contribution in [0.2, 0.25) is 0 Å². The van der Waals surface area contributed by atoms with E-state index in [1.54, 1.807) is 18.2 Å². The third-order valence-electron chi connectivity index (χ3n) is 5.88. The molecule has 7 heteroatoms. The summed E-state index contributed by atoms with van der Waals surface area (Å²) in [6.07, 6.45) is 1.95. The van der Waals surface area contributed by atoms with Gasteiger partial charge in [0.2, 0.25) is 0 Å². The van der Waals surface area contributed by atoms with Gasteiger partial charge < -0.3 is 14.8 Å². The molecule has 1 aliphatic rings. The number of rotatable bonds is 9. The number of piperidine rings is 1. The van der Waals surface area contributed by atoms with E-state index in [0.29, 0.717) is 29.6 Å². The molecular formula is C28H31N3O3S. The molecule has 1 aliphatic heterocycles. The first-order chi connectivity index (χ1) is 17.2. The average Bonchev–Trinajstić information content (AvgIpc) is 2.89. The van der Waals surface area contributed by atoms with Crippen LogP contribution in [0, 0.1) is 0 Å². The maximum Gasteiger partial charge on any atom is 0.261 e. The largest absolute Gasteiger partial charge is 0.490 e. The van der Waals surface area contributed by atoms with Crippen molar-refractivity contribution in [2.24, 2.45) is 0 Å². The van der Waals surface area contributed by atoms with Crippen molar-refractivity contribution in [3.05, 3.63) is 96.1 Å². The van der Waals surface area contributed by atoms with Gasteiger partial charge in [0.15, 0.2) is 5.11 Å². The summed E-state index contributed by atoms with van der Waals surface area (Å²) in [6, 6.07) is 27.5. The lowest BCUT2D eigenvalue weighted by molar-refractivity contribution is 0.0970. The van der Waals surface area contributed by atoms with Crippen LogP contribution in [0.3, 0.4) is 0 Å². The number of carbonyl (C=O) groups excluding carboxylic acids is 1. The van der Waals surface area contributed by atoms with Crippen LogP contribution in [-0.2, 0) is 6.54 Å². The van der Waals surface area contributed by atoms with Crippen molar-refractivity contribution in [2.75, 3.05) is 26.3 Å². The summed E-state index contributed by atoms with van der Waals surface area (Å²) < 4.78 is 11.5. The van der Waals surface area contributed by atoms with Gasteiger partial charge in [0.05, 0.1) is 5.56 Å². The van der Waals surface area contributed by atoms with Crippen LogP contribution >= 0.6 is 12.2 Å². The van der Waals surface area contributed by atoms with E-state index in [0.717, 1.165) is 38.2 Å². The molecule has 1 heterocycles. The van der Waals surface area contributed by atoms with Gasteiger partial charge in [-0.15, -0.1) is 0 Å². The molecule has 0 radical (unpaired) electrons. The fraction of sp³-hybridized carbons (Fsp3) is 0.286. The molecule has 6 nitrogen and oxygen atoms in total. The van der Waals surface area contributed by atoms with Crippen LogP contribution in [0.4, 0.5) is 0 Å². The predicted octanol–water partition coefficient (Wildman–Crippen LogP) is 4.41. The summed E-state index contributed by atoms with van der Waals surface area (Å²) in [5.74, 6) is 0.992. The summed E-state index contributed by atoms with van der Waals surface area (Å²) in [6.45, 7) is 3.64. The molecule has 0 atom stereocenters. The highest BCUT2D eigenvalue weighted by molar-refractivity contribution is 7.80. The van der Waals surface area contributed by atoms with E-state index in [-0.39, 0.29) is 11.9 Å². The zero-order valence-corrected chi connectivity index (χ0v) is 20.5. The van der Waals surface area contributed by atoms with Gasteiger partial charge in [-0.1, -0.05) is 60.7 Å². The van der Waals surface area contributed by atoms with Crippen molar-refractivity contribution in [3.8, 4) is 11.5 Å². The molecule has 0 unspecified atom stereocenters. The lowest BCUT2D eigenvalue weighted by Gasteiger charge is -2.32. The maximum absolute atomic E-state index is 12.9. The summed E-state index contributed by atoms with van der Waals surface area (Å²) in [4.78, 5) is 15.3. The Morgan fingerprint density at radius 2 is 1.49 bits per heavy atom. The molecule has 2 N–H and O–H groups in total. The zero-order chi connectivity index (χ0) is 24.3. The van der Waals surface area contributed by atoms with Gasteiger partial charge in [-0.3, -0.25) is 15.0 Å². The van der Waals surface area contributed by atoms with Crippen molar-refractivity contribution in [2.45, 2.75) is 25.4 Å². The molecule has 0 spiro atoms. The van der Waals surface area contributed by atoms with E-state index in [1.165, 1.54) is 5.56 Å². The number of ether oxygens (including phenoxy) is 2. The summed E-state index contributed by atoms with van der Waals surface area (Å²) in [5, 5.41) is 6.46. The van der Waals surface area contributed by atoms with Gasteiger partial charge in [0, 0.05) is 25.7 Å². The highest BCUT2D eigenvalue weighted by atomic mass is 32.1. The molecule has 0 aromatic heterocycles. The van der Waals surface area contributed by atoms with E-state index in [2.05, 4.69) is 39.8 Å². The van der Waals surface area contributed by atoms with Gasteiger partial charge in [0.1, 0.15) is 24.7 Å². The molecule has 1 amide bonds. The normalized spacial score (nSPS) is 14.2. The number of likely N-dealkylation sites (tertiary alicyclic amines) is 1. The lowest BCUT2D eigenvalue weighted by Crippen LogP contribution is -2.48. The Kier molecular flexibility index (Phi) is 9.09. The van der Waals surface area contributed by atoms with E-state index < -0.39 is 0 Å². The minimum atomic E-state index is -0.288. The molecule has 35 heavy (non-hydrogen) atoms. The summed E-state index contributed by atoms with van der Waals surface area (Å²) in [5.41, 5.74) is 1.77. The molecule has 0 aliphatic carbocycles. The Labute approximate surface area is 212 Å². The van der Waals surface area contributed by atoms with Crippen LogP contribution in [0.1, 0.15) is 28.8 Å². The number of nitrogens with zero attached hydrogens (tertiary/aromatic N) is 1. The number of thiocarbonyl (C=S) groups is 1. The Morgan fingerprint density at radius 3 is 2.23 bits per heavy atom. The topological polar surface area (TPSA) is 62.8 Å². The minimum absolute atomic E-state index is 0.247. The number of amides is 1. The van der Waals surface area contributed by atoms with Crippen molar-refractivity contribution >= 4 is 23.2 Å². The summed E-state index contributed by atoms with van der Waals surface area (Å²) >= 11 is 5.43. The Bertz CT molecular complexity index is 1090. The Hall–Kier alpha value is -3.42. The molecule has 1 fully saturated rings. The van der Waals surface area contributed by atoms with Crippen molar-refractivity contribution in [1.82, 2.24) is 15.5 Å². The van der Waals surface area contributed by atoms with Crippen molar-refractivity contribution in [1.29, 1.82) is 0 Å². The Morgan fingerprint density at radius 1 is 0.857 bits per heavy atom. The first-order valence-electron chi connectivity index (χ1n) is 11.9. The average molecular weight is 490 g/mol. The first kappa shape index (κ1) is 24.7. The smallest absolute Gasteiger partial charge is 0.261 e. The number of hydrogen-bond donors (Lipinski definition) is 2. The van der Waals surface area contributed by atoms with Crippen molar-refractivity contribution in [3.63, 3.8) is 0 Å². The molecule has 0 saturated carbocycles. The second-order valence-electron chi connectivity index (χ2n) is 8.47. The van der Waals surface area contributed by atoms with Crippen molar-refractivity contribution < 1.29 is 14.3 Å². The third-order valence-corrected chi connectivity index (χ3v) is 6.10. The molecule has 0 bridgehead atoms. The van der Waals surface area contributed by atoms with Gasteiger partial charge in [-0.05, 0) is 54.9 Å². The monoisotopic (exact) mass is 489 g/mol. The molecular weight excluding hydrogens is 458 g/mol. The second kappa shape index (κ2) is 12.9. The van der Waals surface area contributed by atoms with Gasteiger partial charge in [-0.25, -0.2) is 0 Å².